The first-order valence-corrected chi connectivity index (χ1v) is 7.17. The Labute approximate surface area is 133 Å². The summed E-state index contributed by atoms with van der Waals surface area (Å²) in [5.74, 6) is 5.97. The summed E-state index contributed by atoms with van der Waals surface area (Å²) in [5, 5.41) is 5.13. The van der Waals surface area contributed by atoms with Crippen molar-refractivity contribution in [2.24, 2.45) is 5.18 Å². The highest BCUT2D eigenvalue weighted by Gasteiger charge is 2.07. The fourth-order valence-corrected chi connectivity index (χ4v) is 2.46. The van der Waals surface area contributed by atoms with Crippen molar-refractivity contribution in [1.82, 2.24) is 0 Å². The van der Waals surface area contributed by atoms with Crippen molar-refractivity contribution < 1.29 is 4.79 Å². The number of carbonyl (C=O) groups excluding carboxylic acids is 1. The fraction of sp³-hybridized carbons (Fsp3) is 0.0500. The van der Waals surface area contributed by atoms with Crippen molar-refractivity contribution in [3.63, 3.8) is 0 Å². The number of ketones is 1. The molecule has 0 spiro atoms. The third-order valence-electron chi connectivity index (χ3n) is 3.61. The predicted molar refractivity (Wildman–Crippen MR) is 91.8 cm³/mol. The van der Waals surface area contributed by atoms with Crippen LogP contribution >= 0.6 is 0 Å². The predicted octanol–water partition coefficient (Wildman–Crippen LogP) is 4.84. The molecule has 0 fully saturated rings. The molecular weight excluding hydrogens is 286 g/mol. The van der Waals surface area contributed by atoms with E-state index in [2.05, 4.69) is 17.0 Å². The molecule has 0 aromatic heterocycles. The van der Waals surface area contributed by atoms with Crippen molar-refractivity contribution >= 4 is 22.2 Å². The minimum absolute atomic E-state index is 0.127. The van der Waals surface area contributed by atoms with E-state index in [9.17, 15) is 9.70 Å². The molecule has 0 heterocycles. The molecule has 0 amide bonds. The summed E-state index contributed by atoms with van der Waals surface area (Å²) >= 11 is 0. The zero-order chi connectivity index (χ0) is 16.2. The molecule has 0 saturated heterocycles. The lowest BCUT2D eigenvalue weighted by molar-refractivity contribution is 0.101. The maximum atomic E-state index is 11.4. The van der Waals surface area contributed by atoms with Crippen LogP contribution in [0, 0.1) is 16.7 Å². The zero-order valence-electron chi connectivity index (χ0n) is 12.5. The lowest BCUT2D eigenvalue weighted by atomic mass is 10.0. The molecule has 0 radical (unpaired) electrons. The van der Waals surface area contributed by atoms with Gasteiger partial charge in [-0.3, -0.25) is 4.79 Å². The van der Waals surface area contributed by atoms with Crippen LogP contribution in [0.1, 0.15) is 28.4 Å². The van der Waals surface area contributed by atoms with Crippen molar-refractivity contribution in [3.05, 3.63) is 82.3 Å². The molecule has 0 bridgehead atoms. The Balaban J connectivity index is 2.04. The van der Waals surface area contributed by atoms with Gasteiger partial charge in [-0.1, -0.05) is 48.2 Å². The number of nitrogens with zero attached hydrogens (tertiary/aromatic N) is 1. The molecule has 0 unspecified atom stereocenters. The fourth-order valence-electron chi connectivity index (χ4n) is 2.46. The van der Waals surface area contributed by atoms with Crippen LogP contribution in [0.3, 0.4) is 0 Å². The lowest BCUT2D eigenvalue weighted by Crippen LogP contribution is -1.92. The number of nitroso groups, excluding NO2 is 1. The van der Waals surface area contributed by atoms with E-state index in [1.165, 1.54) is 6.92 Å². The van der Waals surface area contributed by atoms with E-state index < -0.39 is 0 Å². The van der Waals surface area contributed by atoms with Crippen LogP contribution < -0.4 is 0 Å². The van der Waals surface area contributed by atoms with Gasteiger partial charge in [-0.05, 0) is 47.1 Å². The second-order valence-electron chi connectivity index (χ2n) is 5.16. The van der Waals surface area contributed by atoms with Crippen molar-refractivity contribution in [2.75, 3.05) is 0 Å². The first kappa shape index (κ1) is 14.7. The van der Waals surface area contributed by atoms with E-state index >= 15 is 0 Å². The molecule has 0 N–H and O–H groups in total. The molecule has 0 aliphatic heterocycles. The van der Waals surface area contributed by atoms with E-state index in [0.29, 0.717) is 11.1 Å². The Bertz CT molecular complexity index is 972. The quantitative estimate of drug-likeness (QED) is 0.386. The standard InChI is InChI=1S/C20H13NO2/c1-14(22)18-12-10-15(13-20(18)21-23)9-11-17-7-4-6-16-5-2-3-8-19(16)17/h2-8,10,12-13H,1H3. The van der Waals surface area contributed by atoms with Gasteiger partial charge in [-0.2, -0.15) is 0 Å². The summed E-state index contributed by atoms with van der Waals surface area (Å²) in [5.41, 5.74) is 2.01. The van der Waals surface area contributed by atoms with Crippen LogP contribution in [0.25, 0.3) is 10.8 Å². The Morgan fingerprint density at radius 3 is 2.52 bits per heavy atom. The molecule has 3 rings (SSSR count). The molecule has 3 nitrogen and oxygen atoms in total. The number of hydrogen-bond acceptors (Lipinski definition) is 3. The normalized spacial score (nSPS) is 9.96. The summed E-state index contributed by atoms with van der Waals surface area (Å²) < 4.78 is 0. The van der Waals surface area contributed by atoms with E-state index in [1.54, 1.807) is 18.2 Å². The summed E-state index contributed by atoms with van der Waals surface area (Å²) in [4.78, 5) is 22.3. The molecular formula is C20H13NO2. The zero-order valence-corrected chi connectivity index (χ0v) is 12.5. The Hall–Kier alpha value is -3.25. The van der Waals surface area contributed by atoms with Gasteiger partial charge < -0.3 is 0 Å². The maximum Gasteiger partial charge on any atom is 0.162 e. The minimum Gasteiger partial charge on any atom is -0.294 e. The molecule has 0 saturated carbocycles. The minimum atomic E-state index is -0.187. The largest absolute Gasteiger partial charge is 0.294 e. The summed E-state index contributed by atoms with van der Waals surface area (Å²) in [6.07, 6.45) is 0. The average molecular weight is 299 g/mol. The molecule has 23 heavy (non-hydrogen) atoms. The third-order valence-corrected chi connectivity index (χ3v) is 3.61. The molecule has 3 heteroatoms. The van der Waals surface area contributed by atoms with Crippen LogP contribution in [0.4, 0.5) is 5.69 Å². The molecule has 0 aliphatic carbocycles. The summed E-state index contributed by atoms with van der Waals surface area (Å²) in [6.45, 7) is 1.41. The molecule has 3 aromatic carbocycles. The highest BCUT2D eigenvalue weighted by atomic mass is 16.3. The van der Waals surface area contributed by atoms with Gasteiger partial charge in [-0.15, -0.1) is 4.91 Å². The van der Waals surface area contributed by atoms with Crippen LogP contribution in [0.15, 0.2) is 65.8 Å². The number of carbonyl (C=O) groups is 1. The number of benzene rings is 3. The number of fused-ring (bicyclic) bond motifs is 1. The van der Waals surface area contributed by atoms with E-state index in [-0.39, 0.29) is 11.5 Å². The van der Waals surface area contributed by atoms with E-state index in [1.807, 2.05) is 42.5 Å². The second kappa shape index (κ2) is 6.25. The van der Waals surface area contributed by atoms with Crippen LogP contribution in [-0.4, -0.2) is 5.78 Å². The highest BCUT2D eigenvalue weighted by Crippen LogP contribution is 2.21. The van der Waals surface area contributed by atoms with Gasteiger partial charge in [-0.25, -0.2) is 0 Å². The van der Waals surface area contributed by atoms with Gasteiger partial charge in [0.05, 0.1) is 0 Å². The highest BCUT2D eigenvalue weighted by molar-refractivity contribution is 5.99. The SMILES string of the molecule is CC(=O)c1ccc(C#Cc2cccc3ccccc23)cc1N=O. The average Bonchev–Trinajstić information content (AvgIpc) is 2.59. The lowest BCUT2D eigenvalue weighted by Gasteiger charge is -2.00. The first-order valence-electron chi connectivity index (χ1n) is 7.17. The van der Waals surface area contributed by atoms with Gasteiger partial charge in [0.25, 0.3) is 0 Å². The topological polar surface area (TPSA) is 46.5 Å². The number of Topliss-reactive ketones (excluding diaryl/α,β-unsaturated/α-hetero) is 1. The van der Waals surface area contributed by atoms with Crippen LogP contribution in [0.5, 0.6) is 0 Å². The molecule has 0 atom stereocenters. The first-order chi connectivity index (χ1) is 11.2. The van der Waals surface area contributed by atoms with Crippen molar-refractivity contribution in [2.45, 2.75) is 6.92 Å². The van der Waals surface area contributed by atoms with Crippen molar-refractivity contribution in [3.8, 4) is 11.8 Å². The van der Waals surface area contributed by atoms with Gasteiger partial charge in [0.1, 0.15) is 5.69 Å². The summed E-state index contributed by atoms with van der Waals surface area (Å²) in [7, 11) is 0. The molecule has 110 valence electrons. The van der Waals surface area contributed by atoms with E-state index in [0.717, 1.165) is 16.3 Å². The third kappa shape index (κ3) is 3.02. The van der Waals surface area contributed by atoms with E-state index in [4.69, 9.17) is 0 Å². The smallest absolute Gasteiger partial charge is 0.162 e. The van der Waals surface area contributed by atoms with Crippen LogP contribution in [0.2, 0.25) is 0 Å². The second-order valence-corrected chi connectivity index (χ2v) is 5.16. The Kier molecular flexibility index (Phi) is 3.99. The Morgan fingerprint density at radius 2 is 1.74 bits per heavy atom. The van der Waals surface area contributed by atoms with Gasteiger partial charge in [0.15, 0.2) is 5.78 Å². The van der Waals surface area contributed by atoms with Gasteiger partial charge in [0, 0.05) is 16.7 Å². The van der Waals surface area contributed by atoms with Gasteiger partial charge in [0.2, 0.25) is 0 Å². The Morgan fingerprint density at radius 1 is 0.957 bits per heavy atom. The van der Waals surface area contributed by atoms with Crippen molar-refractivity contribution in [1.29, 1.82) is 0 Å². The molecule has 0 aliphatic rings. The number of rotatable bonds is 2. The number of hydrogen-bond donors (Lipinski definition) is 0. The maximum absolute atomic E-state index is 11.4. The molecule has 3 aromatic rings. The summed E-state index contributed by atoms with van der Waals surface area (Å²) in [6, 6.07) is 18.8. The van der Waals surface area contributed by atoms with Crippen LogP contribution in [-0.2, 0) is 0 Å². The van der Waals surface area contributed by atoms with Gasteiger partial charge >= 0.3 is 0 Å². The monoisotopic (exact) mass is 299 g/mol.